The molecule has 0 aliphatic heterocycles. The molecule has 0 fully saturated rings. The molecule has 0 aliphatic rings. The van der Waals surface area contributed by atoms with Crippen molar-refractivity contribution in [2.24, 2.45) is 0 Å². The summed E-state index contributed by atoms with van der Waals surface area (Å²) in [4.78, 5) is 35.0. The minimum Gasteiger partial charge on any atom is -0.487 e. The molecule has 12 nitrogen and oxygen atoms in total. The molecule has 0 radical (unpaired) electrons. The van der Waals surface area contributed by atoms with Crippen LogP contribution in [-0.4, -0.2) is 48.1 Å². The Morgan fingerprint density at radius 3 is 2.62 bits per heavy atom. The molecule has 3 heterocycles. The van der Waals surface area contributed by atoms with Gasteiger partial charge in [0.2, 0.25) is 5.69 Å². The van der Waals surface area contributed by atoms with Crippen molar-refractivity contribution in [1.82, 2.24) is 24.0 Å². The van der Waals surface area contributed by atoms with Crippen molar-refractivity contribution >= 4 is 17.3 Å². The molecule has 0 N–H and O–H groups in total. The van der Waals surface area contributed by atoms with Crippen LogP contribution in [0, 0.1) is 10.1 Å². The van der Waals surface area contributed by atoms with Crippen LogP contribution < -0.4 is 10.4 Å². The summed E-state index contributed by atoms with van der Waals surface area (Å²) in [6.45, 7) is 2.01. The monoisotopic (exact) mass is 438 g/mol. The van der Waals surface area contributed by atoms with Gasteiger partial charge < -0.3 is 9.47 Å². The fourth-order valence-electron chi connectivity index (χ4n) is 3.02. The molecule has 3 aromatic heterocycles. The molecule has 0 saturated heterocycles. The molecule has 0 bridgehead atoms. The van der Waals surface area contributed by atoms with E-state index >= 15 is 0 Å². The number of pyridine rings is 1. The average molecular weight is 438 g/mol. The van der Waals surface area contributed by atoms with E-state index in [2.05, 4.69) is 10.2 Å². The SMILES string of the molecule is CCOC(=O)c1nn(-c2ccc([N+](=O)[O-])cc2)cc1OCCn1nc2ccccn2c1=O. The summed E-state index contributed by atoms with van der Waals surface area (Å²) in [6.07, 6.45) is 3.09. The summed E-state index contributed by atoms with van der Waals surface area (Å²) in [6, 6.07) is 10.9. The third-order valence-electron chi connectivity index (χ3n) is 4.52. The zero-order valence-corrected chi connectivity index (χ0v) is 17.0. The number of hydrogen-bond acceptors (Lipinski definition) is 8. The van der Waals surface area contributed by atoms with E-state index in [9.17, 15) is 19.7 Å². The molecule has 0 spiro atoms. The number of non-ortho nitro benzene ring substituents is 1. The van der Waals surface area contributed by atoms with Crippen LogP contribution in [-0.2, 0) is 11.3 Å². The Kier molecular flexibility index (Phi) is 5.66. The van der Waals surface area contributed by atoms with Gasteiger partial charge in [0.15, 0.2) is 11.4 Å². The summed E-state index contributed by atoms with van der Waals surface area (Å²) < 4.78 is 14.8. The number of carbonyl (C=O) groups is 1. The van der Waals surface area contributed by atoms with E-state index in [4.69, 9.17) is 9.47 Å². The molecular formula is C20H18N6O6. The molecule has 0 aliphatic carbocycles. The first-order chi connectivity index (χ1) is 15.5. The summed E-state index contributed by atoms with van der Waals surface area (Å²) in [5.74, 6) is -0.522. The molecule has 0 atom stereocenters. The van der Waals surface area contributed by atoms with E-state index in [-0.39, 0.29) is 42.6 Å². The molecule has 0 saturated carbocycles. The highest BCUT2D eigenvalue weighted by atomic mass is 16.6. The van der Waals surface area contributed by atoms with Crippen LogP contribution in [0.2, 0.25) is 0 Å². The van der Waals surface area contributed by atoms with Gasteiger partial charge in [0, 0.05) is 18.3 Å². The minimum absolute atomic E-state index is 0.0438. The van der Waals surface area contributed by atoms with Crippen LogP contribution in [0.4, 0.5) is 5.69 Å². The molecule has 1 aromatic carbocycles. The molecule has 12 heteroatoms. The van der Waals surface area contributed by atoms with Crippen molar-refractivity contribution in [2.45, 2.75) is 13.5 Å². The smallest absolute Gasteiger partial charge is 0.362 e. The maximum Gasteiger partial charge on any atom is 0.362 e. The van der Waals surface area contributed by atoms with E-state index in [1.807, 2.05) is 0 Å². The number of fused-ring (bicyclic) bond motifs is 1. The van der Waals surface area contributed by atoms with E-state index < -0.39 is 10.9 Å². The first-order valence-corrected chi connectivity index (χ1v) is 9.66. The number of hydrogen-bond donors (Lipinski definition) is 0. The van der Waals surface area contributed by atoms with E-state index in [1.165, 1.54) is 44.2 Å². The van der Waals surface area contributed by atoms with Crippen LogP contribution in [0.25, 0.3) is 11.3 Å². The van der Waals surface area contributed by atoms with Crippen LogP contribution >= 0.6 is 0 Å². The number of ether oxygens (including phenoxy) is 2. The predicted molar refractivity (Wildman–Crippen MR) is 111 cm³/mol. The van der Waals surface area contributed by atoms with Crippen molar-refractivity contribution in [2.75, 3.05) is 13.2 Å². The molecule has 4 rings (SSSR count). The maximum absolute atomic E-state index is 12.4. The van der Waals surface area contributed by atoms with Gasteiger partial charge >= 0.3 is 11.7 Å². The average Bonchev–Trinajstić information content (AvgIpc) is 3.36. The second-order valence-electron chi connectivity index (χ2n) is 6.56. The van der Waals surface area contributed by atoms with Crippen molar-refractivity contribution in [3.05, 3.63) is 81.2 Å². The predicted octanol–water partition coefficient (Wildman–Crippen LogP) is 1.85. The van der Waals surface area contributed by atoms with Gasteiger partial charge in [-0.3, -0.25) is 14.5 Å². The van der Waals surface area contributed by atoms with Crippen molar-refractivity contribution < 1.29 is 19.2 Å². The molecule has 0 unspecified atom stereocenters. The fourth-order valence-corrected chi connectivity index (χ4v) is 3.02. The Balaban J connectivity index is 1.56. The van der Waals surface area contributed by atoms with Gasteiger partial charge in [-0.25, -0.2) is 19.0 Å². The van der Waals surface area contributed by atoms with Gasteiger partial charge in [-0.05, 0) is 31.2 Å². The summed E-state index contributed by atoms with van der Waals surface area (Å²) in [5.41, 5.74) is 0.577. The van der Waals surface area contributed by atoms with Gasteiger partial charge in [0.1, 0.15) is 6.61 Å². The van der Waals surface area contributed by atoms with Gasteiger partial charge in [0.05, 0.1) is 30.0 Å². The number of benzene rings is 1. The highest BCUT2D eigenvalue weighted by molar-refractivity contribution is 5.90. The second kappa shape index (κ2) is 8.71. The molecule has 4 aromatic rings. The lowest BCUT2D eigenvalue weighted by atomic mass is 10.3. The van der Waals surface area contributed by atoms with Crippen LogP contribution in [0.1, 0.15) is 17.4 Å². The van der Waals surface area contributed by atoms with E-state index in [0.29, 0.717) is 11.3 Å². The summed E-state index contributed by atoms with van der Waals surface area (Å²) in [5, 5.41) is 19.3. The quantitative estimate of drug-likeness (QED) is 0.231. The summed E-state index contributed by atoms with van der Waals surface area (Å²) in [7, 11) is 0. The standard InChI is InChI=1S/C20H18N6O6/c1-2-31-19(27)18-16(13-25(22-18)14-6-8-15(9-7-14)26(29)30)32-12-11-24-20(28)23-10-4-3-5-17(23)21-24/h3-10,13H,2,11-12H2,1H3. The molecule has 0 amide bonds. The number of aromatic nitrogens is 5. The number of nitrogens with zero attached hydrogens (tertiary/aromatic N) is 6. The summed E-state index contributed by atoms with van der Waals surface area (Å²) >= 11 is 0. The van der Waals surface area contributed by atoms with Crippen LogP contribution in [0.5, 0.6) is 5.75 Å². The van der Waals surface area contributed by atoms with Crippen molar-refractivity contribution in [1.29, 1.82) is 0 Å². The number of nitro groups is 1. The van der Waals surface area contributed by atoms with Gasteiger partial charge in [-0.2, -0.15) is 5.10 Å². The van der Waals surface area contributed by atoms with Crippen LogP contribution in [0.15, 0.2) is 59.7 Å². The third kappa shape index (κ3) is 4.05. The zero-order valence-electron chi connectivity index (χ0n) is 17.0. The Bertz CT molecular complexity index is 1340. The molecular weight excluding hydrogens is 420 g/mol. The van der Waals surface area contributed by atoms with Gasteiger partial charge in [-0.15, -0.1) is 5.10 Å². The lowest BCUT2D eigenvalue weighted by Gasteiger charge is -2.05. The Morgan fingerprint density at radius 2 is 1.94 bits per heavy atom. The Hall–Kier alpha value is -4.48. The van der Waals surface area contributed by atoms with E-state index in [1.54, 1.807) is 31.3 Å². The zero-order chi connectivity index (χ0) is 22.7. The van der Waals surface area contributed by atoms with Crippen molar-refractivity contribution in [3.8, 4) is 11.4 Å². The topological polar surface area (TPSA) is 136 Å². The van der Waals surface area contributed by atoms with Gasteiger partial charge in [-0.1, -0.05) is 6.07 Å². The normalized spacial score (nSPS) is 10.9. The Labute approximate surface area is 180 Å². The minimum atomic E-state index is -0.673. The lowest BCUT2D eigenvalue weighted by molar-refractivity contribution is -0.384. The van der Waals surface area contributed by atoms with Crippen molar-refractivity contribution in [3.63, 3.8) is 0 Å². The number of rotatable bonds is 8. The highest BCUT2D eigenvalue weighted by Gasteiger charge is 2.21. The highest BCUT2D eigenvalue weighted by Crippen LogP contribution is 2.22. The van der Waals surface area contributed by atoms with E-state index in [0.717, 1.165) is 0 Å². The molecule has 164 valence electrons. The largest absolute Gasteiger partial charge is 0.487 e. The second-order valence-corrected chi connectivity index (χ2v) is 6.56. The third-order valence-corrected chi connectivity index (χ3v) is 4.52. The fraction of sp³-hybridized carbons (Fsp3) is 0.200. The number of esters is 1. The van der Waals surface area contributed by atoms with Crippen LogP contribution in [0.3, 0.4) is 0 Å². The number of nitro benzene ring substituents is 1. The Morgan fingerprint density at radius 1 is 1.16 bits per heavy atom. The van der Waals surface area contributed by atoms with Gasteiger partial charge in [0.25, 0.3) is 5.69 Å². The first kappa shape index (κ1) is 20.8. The first-order valence-electron chi connectivity index (χ1n) is 9.66. The lowest BCUT2D eigenvalue weighted by Crippen LogP contribution is -2.24. The number of carbonyl (C=O) groups excluding carboxylic acids is 1. The molecule has 32 heavy (non-hydrogen) atoms. The maximum atomic E-state index is 12.4.